The molecule has 2 nitrogen and oxygen atoms in total. The lowest BCUT2D eigenvalue weighted by Crippen LogP contribution is -1.93. The Morgan fingerprint density at radius 1 is 0.625 bits per heavy atom. The summed E-state index contributed by atoms with van der Waals surface area (Å²) in [6.07, 6.45) is 0. The van der Waals surface area contributed by atoms with Crippen molar-refractivity contribution >= 4 is 31.0 Å². The Balaban J connectivity index is 2.21. The van der Waals surface area contributed by atoms with Crippen LogP contribution in [-0.4, -0.2) is 7.11 Å². The molecule has 1 atom stereocenters. The molecule has 0 aliphatic carbocycles. The summed E-state index contributed by atoms with van der Waals surface area (Å²) >= 11 is 0. The van der Waals surface area contributed by atoms with Crippen LogP contribution in [0.15, 0.2) is 72.8 Å². The number of hydrogen-bond donors (Lipinski definition) is 0. The molecule has 1 unspecified atom stereocenters. The van der Waals surface area contributed by atoms with Gasteiger partial charge in [0.05, 0.1) is 16.6 Å². The highest BCUT2D eigenvalue weighted by atomic mass is 31.0. The lowest BCUT2D eigenvalue weighted by atomic mass is 9.92. The Labute approximate surface area is 143 Å². The molecule has 0 spiro atoms. The maximum Gasteiger partial charge on any atom is 0.131 e. The van der Waals surface area contributed by atoms with Crippen LogP contribution >= 0.6 is 9.47 Å². The van der Waals surface area contributed by atoms with Crippen LogP contribution in [0.25, 0.3) is 32.7 Å². The van der Waals surface area contributed by atoms with E-state index in [-0.39, 0.29) is 0 Å². The largest absolute Gasteiger partial charge is 0.496 e. The molecule has 0 heterocycles. The zero-order valence-corrected chi connectivity index (χ0v) is 14.5. The van der Waals surface area contributed by atoms with Gasteiger partial charge < -0.3 is 9.26 Å². The molecule has 4 aromatic rings. The van der Waals surface area contributed by atoms with Crippen molar-refractivity contribution in [2.45, 2.75) is 0 Å². The Morgan fingerprint density at radius 2 is 1.12 bits per heavy atom. The number of rotatable bonds is 3. The zero-order chi connectivity index (χ0) is 16.5. The Kier molecular flexibility index (Phi) is 3.84. The molecule has 0 amide bonds. The topological polar surface area (TPSA) is 18.5 Å². The summed E-state index contributed by atoms with van der Waals surface area (Å²) in [6.45, 7) is 0. The van der Waals surface area contributed by atoms with Crippen LogP contribution in [-0.2, 0) is 0 Å². The summed E-state index contributed by atoms with van der Waals surface area (Å²) in [5.41, 5.74) is 2.11. The van der Waals surface area contributed by atoms with Gasteiger partial charge in [0.25, 0.3) is 0 Å². The van der Waals surface area contributed by atoms with Crippen molar-refractivity contribution in [3.05, 3.63) is 72.8 Å². The number of benzene rings is 4. The maximum absolute atomic E-state index is 5.69. The van der Waals surface area contributed by atoms with Crippen LogP contribution < -0.4 is 9.26 Å². The second kappa shape index (κ2) is 6.14. The third-order valence-electron chi connectivity index (χ3n) is 4.38. The predicted molar refractivity (Wildman–Crippen MR) is 104 cm³/mol. The summed E-state index contributed by atoms with van der Waals surface area (Å²) in [7, 11) is 4.07. The standard InChI is InChI=1S/C21H17O2P/c1-22-18-12-10-14-6-2-4-8-16(14)20(18)21-17-9-5-3-7-15(17)11-13-19(21)23-24/h2-13H,24H2,1H3. The molecule has 0 bridgehead atoms. The number of methoxy groups -OCH3 is 1. The van der Waals surface area contributed by atoms with Crippen molar-refractivity contribution in [1.29, 1.82) is 0 Å². The van der Waals surface area contributed by atoms with Gasteiger partial charge in [-0.05, 0) is 33.7 Å². The van der Waals surface area contributed by atoms with Gasteiger partial charge >= 0.3 is 0 Å². The first-order valence-corrected chi connectivity index (χ1v) is 8.25. The average Bonchev–Trinajstić information content (AvgIpc) is 2.66. The zero-order valence-electron chi connectivity index (χ0n) is 13.3. The molecule has 0 saturated carbocycles. The third-order valence-corrected chi connectivity index (χ3v) is 4.63. The van der Waals surface area contributed by atoms with E-state index in [4.69, 9.17) is 9.26 Å². The fourth-order valence-corrected chi connectivity index (χ4v) is 3.48. The van der Waals surface area contributed by atoms with Crippen molar-refractivity contribution in [2.75, 3.05) is 7.11 Å². The Bertz CT molecular complexity index is 955. The van der Waals surface area contributed by atoms with Crippen LogP contribution in [0, 0.1) is 0 Å². The molecule has 0 aliphatic heterocycles. The van der Waals surface area contributed by atoms with E-state index < -0.39 is 0 Å². The van der Waals surface area contributed by atoms with Crippen molar-refractivity contribution < 1.29 is 9.26 Å². The van der Waals surface area contributed by atoms with Crippen molar-refractivity contribution in [1.82, 2.24) is 0 Å². The van der Waals surface area contributed by atoms with E-state index >= 15 is 0 Å². The van der Waals surface area contributed by atoms with Gasteiger partial charge in [0.15, 0.2) is 0 Å². The van der Waals surface area contributed by atoms with Crippen LogP contribution in [0.5, 0.6) is 11.5 Å². The van der Waals surface area contributed by atoms with Crippen LogP contribution in [0.2, 0.25) is 0 Å². The highest BCUT2D eigenvalue weighted by molar-refractivity contribution is 7.10. The summed E-state index contributed by atoms with van der Waals surface area (Å²) < 4.78 is 11.3. The lowest BCUT2D eigenvalue weighted by Gasteiger charge is -2.17. The van der Waals surface area contributed by atoms with Gasteiger partial charge in [-0.3, -0.25) is 0 Å². The molecule has 24 heavy (non-hydrogen) atoms. The molecule has 4 rings (SSSR count). The van der Waals surface area contributed by atoms with Crippen molar-refractivity contribution in [2.24, 2.45) is 0 Å². The minimum absolute atomic E-state index is 0.813. The predicted octanol–water partition coefficient (Wildman–Crippen LogP) is 5.84. The van der Waals surface area contributed by atoms with E-state index in [0.29, 0.717) is 0 Å². The minimum Gasteiger partial charge on any atom is -0.496 e. The van der Waals surface area contributed by atoms with Crippen LogP contribution in [0.3, 0.4) is 0 Å². The van der Waals surface area contributed by atoms with Crippen molar-refractivity contribution in [3.8, 4) is 22.6 Å². The van der Waals surface area contributed by atoms with E-state index in [1.165, 1.54) is 10.8 Å². The Hall–Kier alpha value is -2.57. The van der Waals surface area contributed by atoms with E-state index in [9.17, 15) is 0 Å². The van der Waals surface area contributed by atoms with Gasteiger partial charge in [0, 0.05) is 11.1 Å². The van der Waals surface area contributed by atoms with E-state index in [1.54, 1.807) is 7.11 Å². The van der Waals surface area contributed by atoms with Gasteiger partial charge in [-0.2, -0.15) is 0 Å². The molecule has 0 radical (unpaired) electrons. The van der Waals surface area contributed by atoms with Gasteiger partial charge in [-0.25, -0.2) is 0 Å². The summed E-state index contributed by atoms with van der Waals surface area (Å²) in [4.78, 5) is 0. The van der Waals surface area contributed by atoms with Crippen LogP contribution in [0.1, 0.15) is 0 Å². The molecular weight excluding hydrogens is 315 g/mol. The first-order valence-electron chi connectivity index (χ1n) is 7.78. The molecule has 0 aliphatic rings. The van der Waals surface area contributed by atoms with Gasteiger partial charge in [0.1, 0.15) is 11.5 Å². The fraction of sp³-hybridized carbons (Fsp3) is 0.0476. The molecule has 0 N–H and O–H groups in total. The minimum atomic E-state index is 0.813. The second-order valence-corrected chi connectivity index (χ2v) is 5.88. The summed E-state index contributed by atoms with van der Waals surface area (Å²) in [6, 6.07) is 24.9. The van der Waals surface area contributed by atoms with Crippen molar-refractivity contribution in [3.63, 3.8) is 0 Å². The van der Waals surface area contributed by atoms with Crippen LogP contribution in [0.4, 0.5) is 0 Å². The quantitative estimate of drug-likeness (QED) is 0.439. The number of hydrogen-bond acceptors (Lipinski definition) is 2. The lowest BCUT2D eigenvalue weighted by molar-refractivity contribution is 0.417. The smallest absolute Gasteiger partial charge is 0.131 e. The molecule has 118 valence electrons. The summed E-state index contributed by atoms with van der Waals surface area (Å²) in [5, 5.41) is 4.65. The number of ether oxygens (including phenoxy) is 1. The fourth-order valence-electron chi connectivity index (χ4n) is 3.29. The molecule has 0 saturated heterocycles. The van der Waals surface area contributed by atoms with Gasteiger partial charge in [0.2, 0.25) is 0 Å². The molecule has 4 aromatic carbocycles. The SMILES string of the molecule is COc1ccc2ccccc2c1-c1c(OP)ccc2ccccc12. The average molecular weight is 332 g/mol. The molecule has 0 aromatic heterocycles. The first-order chi connectivity index (χ1) is 11.8. The second-order valence-electron chi connectivity index (χ2n) is 5.64. The highest BCUT2D eigenvalue weighted by Gasteiger charge is 2.17. The molecular formula is C21H17O2P. The third kappa shape index (κ3) is 2.31. The first kappa shape index (κ1) is 15.0. The van der Waals surface area contributed by atoms with Gasteiger partial charge in [-0.15, -0.1) is 0 Å². The molecule has 0 fully saturated rings. The summed E-state index contributed by atoms with van der Waals surface area (Å²) in [5.74, 6) is 1.65. The monoisotopic (exact) mass is 332 g/mol. The Morgan fingerprint density at radius 3 is 1.67 bits per heavy atom. The maximum atomic E-state index is 5.69. The number of fused-ring (bicyclic) bond motifs is 2. The van der Waals surface area contributed by atoms with Gasteiger partial charge in [-0.1, -0.05) is 60.7 Å². The van der Waals surface area contributed by atoms with E-state index in [2.05, 4.69) is 64.1 Å². The van der Waals surface area contributed by atoms with E-state index in [0.717, 1.165) is 33.4 Å². The normalized spacial score (nSPS) is 10.9. The molecule has 3 heteroatoms. The highest BCUT2D eigenvalue weighted by Crippen LogP contribution is 2.45. The van der Waals surface area contributed by atoms with E-state index in [1.807, 2.05) is 18.2 Å².